The first-order valence-electron chi connectivity index (χ1n) is 8.28. The van der Waals surface area contributed by atoms with Gasteiger partial charge in [0, 0.05) is 27.8 Å². The van der Waals surface area contributed by atoms with Crippen molar-refractivity contribution < 1.29 is 13.9 Å². The van der Waals surface area contributed by atoms with E-state index in [1.54, 1.807) is 42.5 Å². The Morgan fingerprint density at radius 2 is 2.12 bits per heavy atom. The number of rotatable bonds is 3. The second-order valence-corrected chi connectivity index (χ2v) is 6.94. The van der Waals surface area contributed by atoms with Gasteiger partial charge >= 0.3 is 0 Å². The fourth-order valence-corrected chi connectivity index (χ4v) is 3.67. The number of amides is 1. The Labute approximate surface area is 155 Å². The summed E-state index contributed by atoms with van der Waals surface area (Å²) in [5.74, 6) is -0.501. The van der Waals surface area contributed by atoms with Gasteiger partial charge in [0.25, 0.3) is 11.9 Å². The minimum Gasteiger partial charge on any atom is -0.461 e. The van der Waals surface area contributed by atoms with E-state index in [1.165, 1.54) is 0 Å². The van der Waals surface area contributed by atoms with Crippen LogP contribution in [0.15, 0.2) is 53.5 Å². The zero-order valence-corrected chi connectivity index (χ0v) is 14.5. The third kappa shape index (κ3) is 2.80. The summed E-state index contributed by atoms with van der Waals surface area (Å²) in [4.78, 5) is 16.8. The lowest BCUT2D eigenvalue weighted by atomic mass is 9.85. The normalized spacial score (nSPS) is 26.3. The molecule has 134 valence electrons. The van der Waals surface area contributed by atoms with Crippen molar-refractivity contribution in [2.75, 3.05) is 12.4 Å². The molecule has 26 heavy (non-hydrogen) atoms. The molecule has 1 saturated carbocycles. The Bertz CT molecular complexity index is 890. The summed E-state index contributed by atoms with van der Waals surface area (Å²) in [5.41, 5.74) is 6.13. The summed E-state index contributed by atoms with van der Waals surface area (Å²) in [6, 6.07) is 13.6. The van der Waals surface area contributed by atoms with Gasteiger partial charge in [-0.1, -0.05) is 29.8 Å². The molecule has 2 aromatic carbocycles. The average molecular weight is 374 g/mol. The molecule has 1 heterocycles. The number of anilines is 1. The number of aliphatic imine (C=N–C) groups is 1. The van der Waals surface area contributed by atoms with Crippen molar-refractivity contribution >= 4 is 29.2 Å². The summed E-state index contributed by atoms with van der Waals surface area (Å²) in [7, 11) is 0. The highest BCUT2D eigenvalue weighted by Crippen LogP contribution is 2.54. The molecule has 2 aliphatic rings. The molecular weight excluding hydrogens is 357 g/mol. The first kappa shape index (κ1) is 16.8. The third-order valence-electron chi connectivity index (χ3n) is 4.83. The van der Waals surface area contributed by atoms with E-state index in [2.05, 4.69) is 10.3 Å². The minimum absolute atomic E-state index is 0.00810. The quantitative estimate of drug-likeness (QED) is 0.810. The zero-order valence-electron chi connectivity index (χ0n) is 13.8. The number of amidine groups is 1. The van der Waals surface area contributed by atoms with Crippen molar-refractivity contribution in [3.63, 3.8) is 0 Å². The first-order chi connectivity index (χ1) is 12.5. The molecule has 1 fully saturated rings. The largest absolute Gasteiger partial charge is 0.461 e. The summed E-state index contributed by atoms with van der Waals surface area (Å²) in [5, 5.41) is 3.02. The number of ether oxygens (including phenoxy) is 1. The van der Waals surface area contributed by atoms with Crippen LogP contribution < -0.4 is 11.1 Å². The maximum absolute atomic E-state index is 14.3. The predicted molar refractivity (Wildman–Crippen MR) is 97.8 cm³/mol. The first-order valence-corrected chi connectivity index (χ1v) is 8.65. The third-order valence-corrected chi connectivity index (χ3v) is 5.16. The van der Waals surface area contributed by atoms with Gasteiger partial charge in [-0.15, -0.1) is 0 Å². The molecule has 0 radical (unpaired) electrons. The number of benzene rings is 2. The number of carbonyl (C=O) groups excluding carboxylic acids is 1. The number of fused-ring (bicyclic) bond motifs is 1. The lowest BCUT2D eigenvalue weighted by molar-refractivity contribution is 0.0951. The number of hydrogen-bond donors (Lipinski definition) is 2. The van der Waals surface area contributed by atoms with Crippen molar-refractivity contribution in [2.24, 2.45) is 10.9 Å². The summed E-state index contributed by atoms with van der Waals surface area (Å²) in [6.45, 7) is -0.759. The van der Waals surface area contributed by atoms with Gasteiger partial charge in [0.05, 0.1) is 0 Å². The van der Waals surface area contributed by atoms with Crippen LogP contribution in [0.2, 0.25) is 5.02 Å². The standard InChI is InChI=1S/C19H17ClFN3O2/c20-15-7-6-12(22)8-13(15)19(10-21)14-9-16(14)26-18(24-19)23-17(25)11-4-2-1-3-5-11/h1-8,14,16H,9-10,22H2,(H,23,24,25)/t14-,16?,19?/m1/s1. The molecule has 1 aliphatic heterocycles. The highest BCUT2D eigenvalue weighted by Gasteiger charge is 2.60. The Balaban J connectivity index is 1.70. The average Bonchev–Trinajstić information content (AvgIpc) is 3.44. The maximum Gasteiger partial charge on any atom is 0.292 e. The van der Waals surface area contributed by atoms with E-state index in [1.807, 2.05) is 6.07 Å². The van der Waals surface area contributed by atoms with Crippen molar-refractivity contribution in [3.8, 4) is 0 Å². The van der Waals surface area contributed by atoms with E-state index >= 15 is 0 Å². The fourth-order valence-electron chi connectivity index (χ4n) is 3.39. The Kier molecular flexibility index (Phi) is 4.07. The number of halogens is 2. The molecule has 0 saturated heterocycles. The van der Waals surface area contributed by atoms with Gasteiger partial charge in [0.15, 0.2) is 0 Å². The van der Waals surface area contributed by atoms with E-state index in [9.17, 15) is 9.18 Å². The van der Waals surface area contributed by atoms with E-state index in [4.69, 9.17) is 22.1 Å². The Morgan fingerprint density at radius 3 is 2.85 bits per heavy atom. The number of nitrogens with two attached hydrogens (primary N) is 1. The van der Waals surface area contributed by atoms with Crippen molar-refractivity contribution in [3.05, 3.63) is 64.7 Å². The zero-order chi connectivity index (χ0) is 18.3. The molecule has 3 atom stereocenters. The van der Waals surface area contributed by atoms with Gasteiger partial charge in [0.1, 0.15) is 18.3 Å². The van der Waals surface area contributed by atoms with Crippen LogP contribution in [-0.4, -0.2) is 24.7 Å². The molecule has 2 unspecified atom stereocenters. The van der Waals surface area contributed by atoms with Crippen LogP contribution in [0.25, 0.3) is 0 Å². The second-order valence-electron chi connectivity index (χ2n) is 6.53. The lowest BCUT2D eigenvalue weighted by Crippen LogP contribution is -2.43. The predicted octanol–water partition coefficient (Wildman–Crippen LogP) is 3.29. The molecule has 0 bridgehead atoms. The van der Waals surface area contributed by atoms with Crippen LogP contribution in [0.5, 0.6) is 0 Å². The molecule has 2 aromatic rings. The Morgan fingerprint density at radius 1 is 1.35 bits per heavy atom. The second kappa shape index (κ2) is 6.29. The molecular formula is C19H17ClFN3O2. The van der Waals surface area contributed by atoms with Crippen molar-refractivity contribution in [1.29, 1.82) is 0 Å². The molecule has 1 amide bonds. The lowest BCUT2D eigenvalue weighted by Gasteiger charge is -2.32. The van der Waals surface area contributed by atoms with Crippen LogP contribution in [0.1, 0.15) is 22.3 Å². The van der Waals surface area contributed by atoms with Gasteiger partial charge < -0.3 is 10.5 Å². The van der Waals surface area contributed by atoms with Crippen LogP contribution in [0.4, 0.5) is 10.1 Å². The van der Waals surface area contributed by atoms with Crippen molar-refractivity contribution in [1.82, 2.24) is 5.32 Å². The summed E-state index contributed by atoms with van der Waals surface area (Å²) >= 11 is 6.31. The number of carbonyl (C=O) groups is 1. The topological polar surface area (TPSA) is 76.7 Å². The number of nitrogens with one attached hydrogen (secondary N) is 1. The summed E-state index contributed by atoms with van der Waals surface area (Å²) < 4.78 is 19.9. The van der Waals surface area contributed by atoms with Crippen LogP contribution in [-0.2, 0) is 10.3 Å². The molecule has 0 spiro atoms. The van der Waals surface area contributed by atoms with Crippen molar-refractivity contribution in [2.45, 2.75) is 18.1 Å². The molecule has 4 rings (SSSR count). The maximum atomic E-state index is 14.3. The minimum atomic E-state index is -1.20. The van der Waals surface area contributed by atoms with Crippen LogP contribution >= 0.6 is 11.6 Å². The van der Waals surface area contributed by atoms with E-state index < -0.39 is 12.2 Å². The highest BCUT2D eigenvalue weighted by atomic mass is 35.5. The number of hydrogen-bond acceptors (Lipinski definition) is 4. The van der Waals surface area contributed by atoms with E-state index in [0.717, 1.165) is 0 Å². The summed E-state index contributed by atoms with van der Waals surface area (Å²) in [6.07, 6.45) is 0.440. The van der Waals surface area contributed by atoms with E-state index in [0.29, 0.717) is 28.3 Å². The number of nitrogen functional groups attached to an aromatic ring is 1. The number of nitrogens with zero attached hydrogens (tertiary/aromatic N) is 1. The Hall–Kier alpha value is -2.60. The monoisotopic (exact) mass is 373 g/mol. The van der Waals surface area contributed by atoms with Gasteiger partial charge in [-0.25, -0.2) is 9.38 Å². The van der Waals surface area contributed by atoms with Crippen LogP contribution in [0, 0.1) is 5.92 Å². The van der Waals surface area contributed by atoms with Crippen LogP contribution in [0.3, 0.4) is 0 Å². The molecule has 5 nitrogen and oxygen atoms in total. The smallest absolute Gasteiger partial charge is 0.292 e. The number of alkyl halides is 1. The molecule has 1 aliphatic carbocycles. The molecule has 0 aromatic heterocycles. The molecule has 7 heteroatoms. The van der Waals surface area contributed by atoms with Gasteiger partial charge in [0.2, 0.25) is 0 Å². The van der Waals surface area contributed by atoms with Gasteiger partial charge in [-0.3, -0.25) is 10.1 Å². The SMILES string of the molecule is Nc1ccc(Cl)c(C2(CF)N=C(NC(=O)c3ccccc3)OC3C[C@H]32)c1. The fraction of sp³-hybridized carbons (Fsp3) is 0.263. The highest BCUT2D eigenvalue weighted by molar-refractivity contribution is 6.31. The van der Waals surface area contributed by atoms with Gasteiger partial charge in [-0.2, -0.15) is 0 Å². The van der Waals surface area contributed by atoms with Gasteiger partial charge in [-0.05, 0) is 36.8 Å². The molecule has 3 N–H and O–H groups in total. The van der Waals surface area contributed by atoms with E-state index in [-0.39, 0.29) is 24.0 Å².